The molecule has 2 N–H and O–H groups in total. The Bertz CT molecular complexity index is 1280. The normalized spacial score (nSPS) is 34.7. The fourth-order valence-electron chi connectivity index (χ4n) is 8.08. The second-order valence-corrected chi connectivity index (χ2v) is 12.3. The van der Waals surface area contributed by atoms with Crippen molar-refractivity contribution in [1.29, 1.82) is 0 Å². The van der Waals surface area contributed by atoms with Crippen LogP contribution in [0.1, 0.15) is 86.6 Å². The minimum absolute atomic E-state index is 0.0380. The van der Waals surface area contributed by atoms with Gasteiger partial charge in [-0.3, -0.25) is 9.59 Å². The second-order valence-electron chi connectivity index (χ2n) is 12.3. The lowest BCUT2D eigenvalue weighted by Gasteiger charge is -2.56. The van der Waals surface area contributed by atoms with E-state index in [2.05, 4.69) is 5.32 Å². The SMILES string of the molecule is C[C@]12C[C@H](c3ccc(C(=O)NC4CC4)cc3)C3=C4CCC(=O)C=C4CCC3C1CC[C@]2(O)C(F)(F)C(F)(F)F. The van der Waals surface area contributed by atoms with Crippen molar-refractivity contribution in [2.75, 3.05) is 0 Å². The average Bonchev–Trinajstić information content (AvgIpc) is 3.65. The van der Waals surface area contributed by atoms with Gasteiger partial charge in [0, 0.05) is 29.4 Å². The Morgan fingerprint density at radius 2 is 1.69 bits per heavy atom. The summed E-state index contributed by atoms with van der Waals surface area (Å²) in [6.07, 6.45) is -1.04. The Hall–Kier alpha value is -2.55. The third-order valence-corrected chi connectivity index (χ3v) is 10.2. The first-order valence-electron chi connectivity index (χ1n) is 13.8. The van der Waals surface area contributed by atoms with Gasteiger partial charge in [-0.2, -0.15) is 22.0 Å². The summed E-state index contributed by atoms with van der Waals surface area (Å²) < 4.78 is 71.2. The van der Waals surface area contributed by atoms with Gasteiger partial charge in [0.25, 0.3) is 5.91 Å². The average molecular weight is 550 g/mol. The molecule has 1 aromatic carbocycles. The first kappa shape index (κ1) is 26.7. The predicted octanol–water partition coefficient (Wildman–Crippen LogP) is 6.41. The van der Waals surface area contributed by atoms with E-state index in [0.717, 1.165) is 29.6 Å². The van der Waals surface area contributed by atoms with E-state index < -0.39 is 41.4 Å². The van der Waals surface area contributed by atoms with Crippen molar-refractivity contribution >= 4 is 11.7 Å². The number of benzene rings is 1. The van der Waals surface area contributed by atoms with Crippen molar-refractivity contribution in [3.05, 3.63) is 58.2 Å². The first-order chi connectivity index (χ1) is 18.3. The van der Waals surface area contributed by atoms with E-state index in [4.69, 9.17) is 0 Å². The summed E-state index contributed by atoms with van der Waals surface area (Å²) in [7, 11) is 0. The van der Waals surface area contributed by atoms with Crippen molar-refractivity contribution in [3.63, 3.8) is 0 Å². The molecule has 0 aliphatic heterocycles. The second kappa shape index (κ2) is 8.72. The van der Waals surface area contributed by atoms with Gasteiger partial charge in [-0.1, -0.05) is 24.6 Å². The van der Waals surface area contributed by atoms with Gasteiger partial charge < -0.3 is 10.4 Å². The Balaban J connectivity index is 1.45. The fourth-order valence-corrected chi connectivity index (χ4v) is 8.08. The highest BCUT2D eigenvalue weighted by atomic mass is 19.4. The summed E-state index contributed by atoms with van der Waals surface area (Å²) in [6, 6.07) is 7.01. The van der Waals surface area contributed by atoms with Crippen LogP contribution in [0.3, 0.4) is 0 Å². The number of amides is 1. The van der Waals surface area contributed by atoms with Crippen molar-refractivity contribution in [3.8, 4) is 0 Å². The lowest BCUT2D eigenvalue weighted by Crippen LogP contribution is -2.65. The van der Waals surface area contributed by atoms with E-state index in [1.165, 1.54) is 6.92 Å². The van der Waals surface area contributed by atoms with E-state index in [1.54, 1.807) is 30.3 Å². The smallest absolute Gasteiger partial charge is 0.383 e. The van der Waals surface area contributed by atoms with Crippen LogP contribution in [-0.4, -0.2) is 40.5 Å². The maximum Gasteiger partial charge on any atom is 0.456 e. The van der Waals surface area contributed by atoms with Crippen LogP contribution in [0.5, 0.6) is 0 Å². The van der Waals surface area contributed by atoms with Crippen molar-refractivity contribution < 1.29 is 36.6 Å². The van der Waals surface area contributed by atoms with Crippen LogP contribution >= 0.6 is 0 Å². The minimum Gasteiger partial charge on any atom is -0.383 e. The van der Waals surface area contributed by atoms with Gasteiger partial charge in [0.1, 0.15) is 5.60 Å². The van der Waals surface area contributed by atoms with Gasteiger partial charge in [0.05, 0.1) is 0 Å². The fraction of sp³-hybridized carbons (Fsp3) is 0.600. The molecule has 0 radical (unpaired) electrons. The Labute approximate surface area is 223 Å². The van der Waals surface area contributed by atoms with Crippen LogP contribution in [0, 0.1) is 17.3 Å². The maximum absolute atomic E-state index is 15.1. The molecular formula is C30H32F5NO3. The number of ketones is 1. The number of aliphatic hydroxyl groups is 1. The Morgan fingerprint density at radius 3 is 2.33 bits per heavy atom. The number of allylic oxidation sites excluding steroid dienone is 4. The molecule has 0 aromatic heterocycles. The zero-order chi connectivity index (χ0) is 28.0. The molecule has 3 fully saturated rings. The molecule has 39 heavy (non-hydrogen) atoms. The van der Waals surface area contributed by atoms with E-state index in [-0.39, 0.29) is 36.5 Å². The van der Waals surface area contributed by atoms with E-state index in [9.17, 15) is 27.9 Å². The van der Waals surface area contributed by atoms with Gasteiger partial charge in [-0.25, -0.2) is 0 Å². The van der Waals surface area contributed by atoms with E-state index >= 15 is 8.78 Å². The van der Waals surface area contributed by atoms with E-state index in [0.29, 0.717) is 36.8 Å². The summed E-state index contributed by atoms with van der Waals surface area (Å²) in [5.74, 6) is -6.76. The van der Waals surface area contributed by atoms with E-state index in [1.807, 2.05) is 0 Å². The standard InChI is InChI=1S/C30H32F5NO3/c1-27-15-23(16-2-4-17(5-3-16)26(38)36-19-7-8-19)25-21-11-9-20(37)14-18(21)6-10-22(25)24(27)12-13-28(27,39)29(31,32)30(33,34)35/h2-5,14,19,22-24,39H,6-13,15H2,1H3,(H,36,38)/t22?,23-,24?,27+,28-/m1/s1. The molecule has 5 aliphatic carbocycles. The molecule has 5 aliphatic rings. The van der Waals surface area contributed by atoms with Gasteiger partial charge in [-0.15, -0.1) is 0 Å². The number of alkyl halides is 5. The quantitative estimate of drug-likeness (QED) is 0.427. The van der Waals surface area contributed by atoms with Crippen LogP contribution < -0.4 is 5.32 Å². The van der Waals surface area contributed by atoms with Gasteiger partial charge in [0.15, 0.2) is 5.78 Å². The van der Waals surface area contributed by atoms with Crippen LogP contribution in [0.25, 0.3) is 0 Å². The highest BCUT2D eigenvalue weighted by Gasteiger charge is 2.79. The topological polar surface area (TPSA) is 66.4 Å². The molecule has 1 amide bonds. The summed E-state index contributed by atoms with van der Waals surface area (Å²) in [5, 5.41) is 14.3. The summed E-state index contributed by atoms with van der Waals surface area (Å²) >= 11 is 0. The number of fused-ring (bicyclic) bond motifs is 4. The van der Waals surface area contributed by atoms with Crippen LogP contribution in [0.2, 0.25) is 0 Å². The molecule has 0 bridgehead atoms. The van der Waals surface area contributed by atoms with Gasteiger partial charge in [-0.05, 0) is 98.1 Å². The van der Waals surface area contributed by atoms with Crippen LogP contribution in [-0.2, 0) is 4.79 Å². The van der Waals surface area contributed by atoms with Crippen molar-refractivity contribution in [2.45, 2.75) is 94.4 Å². The molecular weight excluding hydrogens is 517 g/mol. The number of carbonyl (C=O) groups is 2. The zero-order valence-electron chi connectivity index (χ0n) is 21.7. The number of halogens is 5. The largest absolute Gasteiger partial charge is 0.456 e. The van der Waals surface area contributed by atoms with Crippen molar-refractivity contribution in [1.82, 2.24) is 5.32 Å². The monoisotopic (exact) mass is 549 g/mol. The molecule has 4 nitrogen and oxygen atoms in total. The lowest BCUT2D eigenvalue weighted by atomic mass is 9.50. The number of hydrogen-bond acceptors (Lipinski definition) is 3. The van der Waals surface area contributed by atoms with Gasteiger partial charge >= 0.3 is 12.1 Å². The highest BCUT2D eigenvalue weighted by molar-refractivity contribution is 5.94. The molecule has 210 valence electrons. The summed E-state index contributed by atoms with van der Waals surface area (Å²) in [4.78, 5) is 24.7. The molecule has 6 rings (SSSR count). The molecule has 1 aromatic rings. The predicted molar refractivity (Wildman–Crippen MR) is 133 cm³/mol. The molecule has 2 unspecified atom stereocenters. The molecule has 3 saturated carbocycles. The number of rotatable bonds is 4. The van der Waals surface area contributed by atoms with Crippen molar-refractivity contribution in [2.24, 2.45) is 17.3 Å². The van der Waals surface area contributed by atoms with Crippen LogP contribution in [0.4, 0.5) is 22.0 Å². The first-order valence-corrected chi connectivity index (χ1v) is 13.8. The lowest BCUT2D eigenvalue weighted by molar-refractivity contribution is -0.362. The number of nitrogens with one attached hydrogen (secondary N) is 1. The number of hydrogen-bond donors (Lipinski definition) is 2. The number of carbonyl (C=O) groups excluding carboxylic acids is 2. The summed E-state index contributed by atoms with van der Waals surface area (Å²) in [6.45, 7) is 1.41. The summed E-state index contributed by atoms with van der Waals surface area (Å²) in [5.41, 5.74) is -0.801. The minimum atomic E-state index is -5.88. The van der Waals surface area contributed by atoms with Gasteiger partial charge in [0.2, 0.25) is 0 Å². The third kappa shape index (κ3) is 3.93. The maximum atomic E-state index is 15.1. The zero-order valence-corrected chi connectivity index (χ0v) is 21.7. The molecule has 9 heteroatoms. The Kier molecular flexibility index (Phi) is 5.96. The highest BCUT2D eigenvalue weighted by Crippen LogP contribution is 2.70. The molecule has 0 heterocycles. The van der Waals surface area contributed by atoms with Crippen LogP contribution in [0.15, 0.2) is 47.1 Å². The Morgan fingerprint density at radius 1 is 1.00 bits per heavy atom. The molecule has 0 saturated heterocycles. The third-order valence-electron chi connectivity index (χ3n) is 10.2. The molecule has 0 spiro atoms. The molecule has 5 atom stereocenters.